The number of carbonyl (C=O) groups excluding carboxylic acids is 1. The first-order chi connectivity index (χ1) is 16.2. The van der Waals surface area contributed by atoms with Crippen LogP contribution in [-0.2, 0) is 10.2 Å². The van der Waals surface area contributed by atoms with Crippen LogP contribution in [0.1, 0.15) is 45.2 Å². The fourth-order valence-corrected chi connectivity index (χ4v) is 5.37. The van der Waals surface area contributed by atoms with Gasteiger partial charge in [-0.15, -0.1) is 0 Å². The van der Waals surface area contributed by atoms with Crippen LogP contribution in [0, 0.1) is 0 Å². The third-order valence-electron chi connectivity index (χ3n) is 6.76. The van der Waals surface area contributed by atoms with Crippen molar-refractivity contribution in [3.05, 3.63) is 54.5 Å². The molecular formula is C25H29N7O2. The van der Waals surface area contributed by atoms with Crippen molar-refractivity contribution < 1.29 is 9.90 Å². The molecule has 4 N–H and O–H groups in total. The van der Waals surface area contributed by atoms with Crippen molar-refractivity contribution in [2.45, 2.75) is 50.7 Å². The molecule has 0 aliphatic heterocycles. The maximum Gasteiger partial charge on any atom is 0.230 e. The standard InChI is InChI=1S/C25H29N7O2/c1-15(2)31-19(8-9-29-31)18-11-20(32-21(18)22(26)28-14-30-32)16-6-5-7-17(10-16)25(23(33)27-4)12-24(3,34)13-25/h5-11,14-15,34H,12-13H2,1-4H3,(H,27,33)(H2,26,28,30). The summed E-state index contributed by atoms with van der Waals surface area (Å²) in [4.78, 5) is 17.1. The number of hydrogen-bond donors (Lipinski definition) is 3. The number of aliphatic hydroxyl groups is 1. The lowest BCUT2D eigenvalue weighted by molar-refractivity contribution is -0.144. The predicted molar refractivity (Wildman–Crippen MR) is 130 cm³/mol. The number of likely N-dealkylation sites (N-methyl/N-ethyl adjacent to an activating group) is 1. The Hall–Kier alpha value is -3.72. The maximum atomic E-state index is 12.9. The van der Waals surface area contributed by atoms with E-state index in [0.717, 1.165) is 28.1 Å². The van der Waals surface area contributed by atoms with Gasteiger partial charge in [-0.25, -0.2) is 9.50 Å². The summed E-state index contributed by atoms with van der Waals surface area (Å²) in [6.45, 7) is 5.91. The quantitative estimate of drug-likeness (QED) is 0.422. The van der Waals surface area contributed by atoms with Crippen LogP contribution in [0.25, 0.3) is 28.0 Å². The van der Waals surface area contributed by atoms with Crippen LogP contribution in [0.15, 0.2) is 48.9 Å². The van der Waals surface area contributed by atoms with Crippen LogP contribution >= 0.6 is 0 Å². The van der Waals surface area contributed by atoms with Gasteiger partial charge in [0.2, 0.25) is 5.91 Å². The zero-order chi connectivity index (χ0) is 24.3. The molecule has 1 aliphatic rings. The Morgan fingerprint density at radius 3 is 2.62 bits per heavy atom. The average molecular weight is 460 g/mol. The number of aromatic nitrogens is 5. The molecule has 0 bridgehead atoms. The summed E-state index contributed by atoms with van der Waals surface area (Å²) in [6, 6.07) is 12.0. The number of rotatable bonds is 5. The molecule has 0 spiro atoms. The minimum atomic E-state index is -0.867. The fourth-order valence-electron chi connectivity index (χ4n) is 5.37. The zero-order valence-corrected chi connectivity index (χ0v) is 19.8. The van der Waals surface area contributed by atoms with Crippen LogP contribution in [0.5, 0.6) is 0 Å². The lowest BCUT2D eigenvalue weighted by atomic mass is 9.56. The largest absolute Gasteiger partial charge is 0.390 e. The van der Waals surface area contributed by atoms with Crippen molar-refractivity contribution in [2.75, 3.05) is 12.8 Å². The molecule has 9 nitrogen and oxygen atoms in total. The zero-order valence-electron chi connectivity index (χ0n) is 19.8. The van der Waals surface area contributed by atoms with Crippen molar-refractivity contribution in [3.8, 4) is 22.5 Å². The minimum absolute atomic E-state index is 0.0933. The summed E-state index contributed by atoms with van der Waals surface area (Å²) in [7, 11) is 1.63. The monoisotopic (exact) mass is 459 g/mol. The number of fused-ring (bicyclic) bond motifs is 1. The first-order valence-corrected chi connectivity index (χ1v) is 11.4. The molecule has 0 saturated heterocycles. The molecule has 3 heterocycles. The summed E-state index contributed by atoms with van der Waals surface area (Å²) in [5.74, 6) is 0.282. The summed E-state index contributed by atoms with van der Waals surface area (Å²) >= 11 is 0. The van der Waals surface area contributed by atoms with Gasteiger partial charge in [0.05, 0.1) is 22.4 Å². The second kappa shape index (κ2) is 7.66. The van der Waals surface area contributed by atoms with Gasteiger partial charge in [-0.2, -0.15) is 10.2 Å². The number of nitrogen functional groups attached to an aromatic ring is 1. The van der Waals surface area contributed by atoms with Gasteiger partial charge in [0, 0.05) is 30.4 Å². The minimum Gasteiger partial charge on any atom is -0.390 e. The fraction of sp³-hybridized carbons (Fsp3) is 0.360. The Kier molecular flexibility index (Phi) is 4.98. The Balaban J connectivity index is 1.69. The number of amides is 1. The average Bonchev–Trinajstić information content (AvgIpc) is 3.42. The molecule has 5 rings (SSSR count). The van der Waals surface area contributed by atoms with E-state index in [-0.39, 0.29) is 11.9 Å². The van der Waals surface area contributed by atoms with Crippen LogP contribution in [0.3, 0.4) is 0 Å². The highest BCUT2D eigenvalue weighted by molar-refractivity contribution is 5.92. The van der Waals surface area contributed by atoms with Gasteiger partial charge >= 0.3 is 0 Å². The van der Waals surface area contributed by atoms with Gasteiger partial charge in [0.1, 0.15) is 11.8 Å². The normalized spacial score (nSPS) is 22.2. The Labute approximate surface area is 197 Å². The smallest absolute Gasteiger partial charge is 0.230 e. The van der Waals surface area contributed by atoms with Gasteiger partial charge in [-0.3, -0.25) is 9.48 Å². The molecule has 1 aliphatic carbocycles. The van der Waals surface area contributed by atoms with Gasteiger partial charge < -0.3 is 16.2 Å². The summed E-state index contributed by atoms with van der Waals surface area (Å²) in [6.07, 6.45) is 3.95. The van der Waals surface area contributed by atoms with Crippen molar-refractivity contribution in [1.29, 1.82) is 0 Å². The van der Waals surface area contributed by atoms with E-state index in [4.69, 9.17) is 5.73 Å². The van der Waals surface area contributed by atoms with Crippen molar-refractivity contribution >= 4 is 17.2 Å². The molecule has 0 atom stereocenters. The summed E-state index contributed by atoms with van der Waals surface area (Å²) in [5.41, 5.74) is 9.78. The molecule has 0 radical (unpaired) electrons. The Morgan fingerprint density at radius 1 is 1.18 bits per heavy atom. The Bertz CT molecular complexity index is 1390. The molecule has 176 valence electrons. The molecule has 3 aromatic heterocycles. The lowest BCUT2D eigenvalue weighted by Crippen LogP contribution is -2.60. The maximum absolute atomic E-state index is 12.9. The molecule has 4 aromatic rings. The first kappa shape index (κ1) is 22.1. The Morgan fingerprint density at radius 2 is 1.94 bits per heavy atom. The topological polar surface area (TPSA) is 123 Å². The van der Waals surface area contributed by atoms with Gasteiger partial charge in [0.15, 0.2) is 5.82 Å². The van der Waals surface area contributed by atoms with Crippen molar-refractivity contribution in [1.82, 2.24) is 29.7 Å². The third-order valence-corrected chi connectivity index (χ3v) is 6.76. The molecule has 9 heteroatoms. The lowest BCUT2D eigenvalue weighted by Gasteiger charge is -2.50. The van der Waals surface area contributed by atoms with Gasteiger partial charge in [-0.05, 0) is 57.4 Å². The number of hydrogen-bond acceptors (Lipinski definition) is 6. The molecule has 1 aromatic carbocycles. The summed E-state index contributed by atoms with van der Waals surface area (Å²) < 4.78 is 3.73. The van der Waals surface area contributed by atoms with E-state index in [2.05, 4.69) is 34.3 Å². The molecule has 34 heavy (non-hydrogen) atoms. The summed E-state index contributed by atoms with van der Waals surface area (Å²) in [5, 5.41) is 22.2. The van der Waals surface area contributed by atoms with E-state index in [1.54, 1.807) is 24.7 Å². The SMILES string of the molecule is CNC(=O)C1(c2cccc(-c3cc(-c4ccnn4C(C)C)c4c(N)ncnn34)c2)CC(C)(O)C1. The predicted octanol–water partition coefficient (Wildman–Crippen LogP) is 2.95. The van der Waals surface area contributed by atoms with Crippen LogP contribution in [0.4, 0.5) is 5.82 Å². The second-order valence-corrected chi connectivity index (χ2v) is 9.70. The van der Waals surface area contributed by atoms with E-state index in [1.165, 1.54) is 6.33 Å². The first-order valence-electron chi connectivity index (χ1n) is 11.4. The van der Waals surface area contributed by atoms with Gasteiger partial charge in [-0.1, -0.05) is 18.2 Å². The van der Waals surface area contributed by atoms with Gasteiger partial charge in [0.25, 0.3) is 0 Å². The highest BCUT2D eigenvalue weighted by atomic mass is 16.3. The van der Waals surface area contributed by atoms with E-state index in [1.807, 2.05) is 41.1 Å². The van der Waals surface area contributed by atoms with Crippen LogP contribution in [-0.4, -0.2) is 48.0 Å². The third kappa shape index (κ3) is 3.27. The van der Waals surface area contributed by atoms with Crippen molar-refractivity contribution in [3.63, 3.8) is 0 Å². The number of nitrogens with one attached hydrogen (secondary N) is 1. The number of nitrogens with two attached hydrogens (primary N) is 1. The highest BCUT2D eigenvalue weighted by Crippen LogP contribution is 2.51. The van der Waals surface area contributed by atoms with E-state index >= 15 is 0 Å². The molecule has 1 saturated carbocycles. The molecule has 1 amide bonds. The number of benzene rings is 1. The van der Waals surface area contributed by atoms with E-state index in [9.17, 15) is 9.90 Å². The molecular weight excluding hydrogens is 430 g/mol. The molecule has 0 unspecified atom stereocenters. The second-order valence-electron chi connectivity index (χ2n) is 9.70. The van der Waals surface area contributed by atoms with E-state index < -0.39 is 11.0 Å². The molecule has 1 fully saturated rings. The number of nitrogens with zero attached hydrogens (tertiary/aromatic N) is 5. The van der Waals surface area contributed by atoms with Crippen molar-refractivity contribution in [2.24, 2.45) is 0 Å². The van der Waals surface area contributed by atoms with Crippen LogP contribution in [0.2, 0.25) is 0 Å². The van der Waals surface area contributed by atoms with E-state index in [0.29, 0.717) is 24.2 Å². The number of anilines is 1. The highest BCUT2D eigenvalue weighted by Gasteiger charge is 2.56. The van der Waals surface area contributed by atoms with Crippen LogP contribution < -0.4 is 11.1 Å². The number of carbonyl (C=O) groups is 1.